The predicted molar refractivity (Wildman–Crippen MR) is 83.6 cm³/mol. The molecule has 6 nitrogen and oxygen atoms in total. The van der Waals surface area contributed by atoms with Crippen LogP contribution in [0.15, 0.2) is 29.7 Å². The molecule has 0 fully saturated rings. The number of nitrogens with one attached hydrogen (secondary N) is 2. The lowest BCUT2D eigenvalue weighted by Gasteiger charge is -2.11. The van der Waals surface area contributed by atoms with E-state index in [4.69, 9.17) is 0 Å². The van der Waals surface area contributed by atoms with Gasteiger partial charge < -0.3 is 0 Å². The average molecular weight is 311 g/mol. The van der Waals surface area contributed by atoms with Crippen LogP contribution in [0.5, 0.6) is 0 Å². The molecule has 0 atom stereocenters. The van der Waals surface area contributed by atoms with Gasteiger partial charge in [0.2, 0.25) is 15.9 Å². The van der Waals surface area contributed by atoms with E-state index in [0.717, 1.165) is 16.5 Å². The van der Waals surface area contributed by atoms with Crippen LogP contribution < -0.4 is 10.1 Å². The molecule has 0 aliphatic heterocycles. The summed E-state index contributed by atoms with van der Waals surface area (Å²) in [6.07, 6.45) is 1.59. The van der Waals surface area contributed by atoms with E-state index < -0.39 is 10.0 Å². The summed E-state index contributed by atoms with van der Waals surface area (Å²) in [6, 6.07) is 7.49. The van der Waals surface area contributed by atoms with Gasteiger partial charge in [0.1, 0.15) is 0 Å². The SMILES string of the molecule is Cc1ccc(/C=C/S(=O)(=O)NCCC(=O)NN(C)C)cc1. The molecule has 0 spiro atoms. The molecule has 1 rings (SSSR count). The van der Waals surface area contributed by atoms with Crippen LogP contribution in [-0.4, -0.2) is 40.0 Å². The van der Waals surface area contributed by atoms with Crippen molar-refractivity contribution in [1.29, 1.82) is 0 Å². The second-order valence-corrected chi connectivity index (χ2v) is 6.48. The van der Waals surface area contributed by atoms with Gasteiger partial charge in [0.15, 0.2) is 0 Å². The largest absolute Gasteiger partial charge is 0.289 e. The first kappa shape index (κ1) is 17.4. The molecule has 0 bridgehead atoms. The van der Waals surface area contributed by atoms with Crippen LogP contribution in [0.25, 0.3) is 6.08 Å². The summed E-state index contributed by atoms with van der Waals surface area (Å²) >= 11 is 0. The van der Waals surface area contributed by atoms with Gasteiger partial charge in [-0.15, -0.1) is 0 Å². The molecule has 0 saturated heterocycles. The van der Waals surface area contributed by atoms with Gasteiger partial charge in [-0.25, -0.2) is 18.1 Å². The van der Waals surface area contributed by atoms with E-state index in [1.54, 1.807) is 14.1 Å². The lowest BCUT2D eigenvalue weighted by atomic mass is 10.2. The quantitative estimate of drug-likeness (QED) is 0.732. The van der Waals surface area contributed by atoms with Crippen molar-refractivity contribution in [2.24, 2.45) is 0 Å². The minimum absolute atomic E-state index is 0.0558. The van der Waals surface area contributed by atoms with Gasteiger partial charge >= 0.3 is 0 Å². The fourth-order valence-electron chi connectivity index (χ4n) is 1.51. The number of nitrogens with zero attached hydrogens (tertiary/aromatic N) is 1. The Kier molecular flexibility index (Phi) is 6.54. The molecule has 1 amide bonds. The van der Waals surface area contributed by atoms with Crippen LogP contribution in [-0.2, 0) is 14.8 Å². The lowest BCUT2D eigenvalue weighted by Crippen LogP contribution is -2.38. The number of hydrogen-bond donors (Lipinski definition) is 2. The molecule has 0 aliphatic carbocycles. The number of rotatable bonds is 7. The molecule has 21 heavy (non-hydrogen) atoms. The van der Waals surface area contributed by atoms with E-state index in [9.17, 15) is 13.2 Å². The lowest BCUT2D eigenvalue weighted by molar-refractivity contribution is -0.124. The van der Waals surface area contributed by atoms with E-state index in [2.05, 4.69) is 10.1 Å². The topological polar surface area (TPSA) is 78.5 Å². The first-order valence-electron chi connectivity index (χ1n) is 6.50. The standard InChI is InChI=1S/C14H21N3O3S/c1-12-4-6-13(7-5-12)9-11-21(19,20)15-10-8-14(18)16-17(2)3/h4-7,9,11,15H,8,10H2,1-3H3,(H,16,18)/b11-9+. The number of sulfonamides is 1. The monoisotopic (exact) mass is 311 g/mol. The summed E-state index contributed by atoms with van der Waals surface area (Å²) < 4.78 is 25.8. The van der Waals surface area contributed by atoms with Crippen molar-refractivity contribution in [1.82, 2.24) is 15.2 Å². The fraction of sp³-hybridized carbons (Fsp3) is 0.357. The van der Waals surface area contributed by atoms with Gasteiger partial charge in [-0.3, -0.25) is 10.2 Å². The van der Waals surface area contributed by atoms with Crippen molar-refractivity contribution in [3.05, 3.63) is 40.8 Å². The third-order valence-corrected chi connectivity index (χ3v) is 3.62. The van der Waals surface area contributed by atoms with Crippen LogP contribution in [0.3, 0.4) is 0 Å². The summed E-state index contributed by atoms with van der Waals surface area (Å²) in [4.78, 5) is 11.3. The van der Waals surface area contributed by atoms with E-state index in [1.165, 1.54) is 11.1 Å². The maximum Gasteiger partial charge on any atom is 0.235 e. The van der Waals surface area contributed by atoms with Crippen LogP contribution in [0.1, 0.15) is 17.5 Å². The normalized spacial score (nSPS) is 12.0. The summed E-state index contributed by atoms with van der Waals surface area (Å²) in [7, 11) is -0.164. The van der Waals surface area contributed by atoms with Crippen LogP contribution in [0.2, 0.25) is 0 Å². The number of hydrazine groups is 1. The Morgan fingerprint density at radius 3 is 2.43 bits per heavy atom. The van der Waals surface area contributed by atoms with E-state index in [-0.39, 0.29) is 18.9 Å². The van der Waals surface area contributed by atoms with Gasteiger partial charge in [0.25, 0.3) is 0 Å². The Morgan fingerprint density at radius 2 is 1.86 bits per heavy atom. The molecule has 0 saturated carbocycles. The highest BCUT2D eigenvalue weighted by molar-refractivity contribution is 7.92. The molecule has 0 aliphatic rings. The van der Waals surface area contributed by atoms with Crippen molar-refractivity contribution >= 4 is 22.0 Å². The van der Waals surface area contributed by atoms with Gasteiger partial charge in [0, 0.05) is 32.5 Å². The molecular formula is C14H21N3O3S. The highest BCUT2D eigenvalue weighted by Crippen LogP contribution is 2.05. The molecule has 0 unspecified atom stereocenters. The molecule has 7 heteroatoms. The number of benzene rings is 1. The highest BCUT2D eigenvalue weighted by Gasteiger charge is 2.07. The van der Waals surface area contributed by atoms with E-state index in [0.29, 0.717) is 0 Å². The molecular weight excluding hydrogens is 290 g/mol. The molecule has 0 aromatic heterocycles. The summed E-state index contributed by atoms with van der Waals surface area (Å²) in [5, 5.41) is 2.61. The van der Waals surface area contributed by atoms with Gasteiger partial charge in [0.05, 0.1) is 0 Å². The molecule has 116 valence electrons. The maximum absolute atomic E-state index is 11.7. The third kappa shape index (κ3) is 7.60. The zero-order valence-corrected chi connectivity index (χ0v) is 13.3. The Labute approximate surface area is 125 Å². The van der Waals surface area contributed by atoms with Crippen molar-refractivity contribution in [3.8, 4) is 0 Å². The number of amides is 1. The molecule has 1 aromatic carbocycles. The predicted octanol–water partition coefficient (Wildman–Crippen LogP) is 0.868. The van der Waals surface area contributed by atoms with Crippen molar-refractivity contribution in [2.45, 2.75) is 13.3 Å². The smallest absolute Gasteiger partial charge is 0.235 e. The van der Waals surface area contributed by atoms with Crippen LogP contribution in [0, 0.1) is 6.92 Å². The summed E-state index contributed by atoms with van der Waals surface area (Å²) in [5.41, 5.74) is 4.45. The number of carbonyl (C=O) groups is 1. The van der Waals surface area contributed by atoms with Crippen molar-refractivity contribution in [2.75, 3.05) is 20.6 Å². The van der Waals surface area contributed by atoms with E-state index in [1.807, 2.05) is 31.2 Å². The number of carbonyl (C=O) groups excluding carboxylic acids is 1. The number of hydrogen-bond acceptors (Lipinski definition) is 4. The molecule has 0 heterocycles. The molecule has 0 radical (unpaired) electrons. The van der Waals surface area contributed by atoms with Crippen LogP contribution in [0.4, 0.5) is 0 Å². The minimum Gasteiger partial charge on any atom is -0.289 e. The summed E-state index contributed by atoms with van der Waals surface area (Å²) in [5.74, 6) is -0.245. The van der Waals surface area contributed by atoms with E-state index >= 15 is 0 Å². The first-order valence-corrected chi connectivity index (χ1v) is 8.04. The van der Waals surface area contributed by atoms with Gasteiger partial charge in [-0.05, 0) is 18.6 Å². The van der Waals surface area contributed by atoms with Crippen molar-refractivity contribution in [3.63, 3.8) is 0 Å². The average Bonchev–Trinajstić information content (AvgIpc) is 2.37. The number of aryl methyl sites for hydroxylation is 1. The highest BCUT2D eigenvalue weighted by atomic mass is 32.2. The van der Waals surface area contributed by atoms with Gasteiger partial charge in [-0.2, -0.15) is 0 Å². The molecule has 2 N–H and O–H groups in total. The second-order valence-electron chi connectivity index (χ2n) is 4.83. The summed E-state index contributed by atoms with van der Waals surface area (Å²) in [6.45, 7) is 2.02. The molecule has 1 aromatic rings. The Bertz CT molecular complexity index is 592. The Morgan fingerprint density at radius 1 is 1.24 bits per heavy atom. The maximum atomic E-state index is 11.7. The van der Waals surface area contributed by atoms with Gasteiger partial charge in [-0.1, -0.05) is 29.8 Å². The zero-order chi connectivity index (χ0) is 15.9. The minimum atomic E-state index is -3.54. The van der Waals surface area contributed by atoms with Crippen LogP contribution >= 0.6 is 0 Å². The van der Waals surface area contributed by atoms with Crippen molar-refractivity contribution < 1.29 is 13.2 Å². The second kappa shape index (κ2) is 7.92. The fourth-order valence-corrected chi connectivity index (χ4v) is 2.33. The zero-order valence-electron chi connectivity index (χ0n) is 12.5. The first-order chi connectivity index (χ1) is 9.78. The Balaban J connectivity index is 2.47. The Hall–Kier alpha value is -1.70. The third-order valence-electron chi connectivity index (χ3n) is 2.52.